The number of aromatic nitrogens is 1. The Kier molecular flexibility index (Phi) is 2.15. The summed E-state index contributed by atoms with van der Waals surface area (Å²) >= 11 is 1.74. The molecule has 1 saturated carbocycles. The van der Waals surface area contributed by atoms with Gasteiger partial charge in [0.15, 0.2) is 0 Å². The molecule has 12 heavy (non-hydrogen) atoms. The number of nitrogens with zero attached hydrogens (tertiary/aromatic N) is 1. The lowest BCUT2D eigenvalue weighted by Gasteiger charge is -2.30. The van der Waals surface area contributed by atoms with Gasteiger partial charge in [-0.1, -0.05) is 6.42 Å². The summed E-state index contributed by atoms with van der Waals surface area (Å²) in [6.07, 6.45) is 5.90. The van der Waals surface area contributed by atoms with Crippen LogP contribution >= 0.6 is 11.3 Å². The summed E-state index contributed by atoms with van der Waals surface area (Å²) < 4.78 is 0. The highest BCUT2D eigenvalue weighted by molar-refractivity contribution is 7.11. The molecule has 1 aliphatic carbocycles. The van der Waals surface area contributed by atoms with Gasteiger partial charge < -0.3 is 5.73 Å². The fourth-order valence-corrected chi connectivity index (χ4v) is 2.44. The minimum Gasteiger partial charge on any atom is -0.323 e. The first-order valence-corrected chi connectivity index (χ1v) is 5.27. The molecule has 1 atom stereocenters. The van der Waals surface area contributed by atoms with Crippen LogP contribution in [0.5, 0.6) is 0 Å². The number of thiazole rings is 1. The summed E-state index contributed by atoms with van der Waals surface area (Å²) in [5.74, 6) is 0.727. The lowest BCUT2D eigenvalue weighted by molar-refractivity contribution is 0.266. The molecule has 1 fully saturated rings. The maximum absolute atomic E-state index is 6.08. The molecule has 0 saturated heterocycles. The van der Waals surface area contributed by atoms with Crippen LogP contribution in [0, 0.1) is 12.8 Å². The zero-order chi connectivity index (χ0) is 8.55. The van der Waals surface area contributed by atoms with Crippen LogP contribution in [-0.4, -0.2) is 4.98 Å². The predicted octanol–water partition coefficient (Wildman–Crippen LogP) is 2.25. The number of nitrogens with two attached hydrogens (primary N) is 1. The molecule has 1 unspecified atom stereocenters. The quantitative estimate of drug-likeness (QED) is 0.762. The largest absolute Gasteiger partial charge is 0.323 e. The van der Waals surface area contributed by atoms with Crippen LogP contribution in [0.2, 0.25) is 0 Å². The second-order valence-electron chi connectivity index (χ2n) is 3.50. The van der Waals surface area contributed by atoms with Gasteiger partial charge in [-0.3, -0.25) is 0 Å². The van der Waals surface area contributed by atoms with Crippen molar-refractivity contribution < 1.29 is 0 Å². The van der Waals surface area contributed by atoms with E-state index >= 15 is 0 Å². The first kappa shape index (κ1) is 8.20. The van der Waals surface area contributed by atoms with Crippen molar-refractivity contribution >= 4 is 11.3 Å². The Morgan fingerprint density at radius 2 is 2.42 bits per heavy atom. The zero-order valence-electron chi connectivity index (χ0n) is 7.29. The molecule has 0 aliphatic heterocycles. The van der Waals surface area contributed by atoms with Gasteiger partial charge in [-0.2, -0.15) is 0 Å². The van der Waals surface area contributed by atoms with Gasteiger partial charge in [0.25, 0.3) is 0 Å². The number of hydrogen-bond acceptors (Lipinski definition) is 3. The van der Waals surface area contributed by atoms with Crippen LogP contribution in [0.15, 0.2) is 6.20 Å². The van der Waals surface area contributed by atoms with Crippen LogP contribution in [-0.2, 0) is 0 Å². The van der Waals surface area contributed by atoms with Gasteiger partial charge in [0.2, 0.25) is 0 Å². The second-order valence-corrected chi connectivity index (χ2v) is 4.76. The third-order valence-electron chi connectivity index (χ3n) is 2.63. The van der Waals surface area contributed by atoms with E-state index in [9.17, 15) is 0 Å². The summed E-state index contributed by atoms with van der Waals surface area (Å²) in [5.41, 5.74) is 6.08. The minimum atomic E-state index is 0.255. The highest BCUT2D eigenvalue weighted by Gasteiger charge is 2.26. The van der Waals surface area contributed by atoms with Crippen molar-refractivity contribution in [3.63, 3.8) is 0 Å². The molecule has 0 spiro atoms. The Bertz CT molecular complexity index is 265. The molecular formula is C9H14N2S. The van der Waals surface area contributed by atoms with E-state index in [-0.39, 0.29) is 6.04 Å². The van der Waals surface area contributed by atoms with Crippen molar-refractivity contribution in [2.45, 2.75) is 32.2 Å². The van der Waals surface area contributed by atoms with Crippen molar-refractivity contribution in [3.05, 3.63) is 16.1 Å². The lowest BCUT2D eigenvalue weighted by Crippen LogP contribution is -2.25. The van der Waals surface area contributed by atoms with E-state index < -0.39 is 0 Å². The van der Waals surface area contributed by atoms with E-state index in [2.05, 4.69) is 4.98 Å². The molecule has 0 amide bonds. The number of hydrogen-bond donors (Lipinski definition) is 1. The Morgan fingerprint density at radius 3 is 2.83 bits per heavy atom. The zero-order valence-corrected chi connectivity index (χ0v) is 8.10. The normalized spacial score (nSPS) is 20.5. The number of aryl methyl sites for hydroxylation is 1. The Labute approximate surface area is 76.8 Å². The topological polar surface area (TPSA) is 38.9 Å². The maximum Gasteiger partial charge on any atom is 0.0897 e. The summed E-state index contributed by atoms with van der Waals surface area (Å²) in [7, 11) is 0. The molecule has 66 valence electrons. The monoisotopic (exact) mass is 182 g/mol. The van der Waals surface area contributed by atoms with Crippen LogP contribution in [0.25, 0.3) is 0 Å². The molecule has 2 N–H and O–H groups in total. The maximum atomic E-state index is 6.08. The van der Waals surface area contributed by atoms with Crippen molar-refractivity contribution in [1.82, 2.24) is 4.98 Å². The second kappa shape index (κ2) is 3.15. The highest BCUT2D eigenvalue weighted by atomic mass is 32.1. The molecule has 1 heterocycles. The smallest absolute Gasteiger partial charge is 0.0897 e. The van der Waals surface area contributed by atoms with E-state index in [1.54, 1.807) is 11.3 Å². The third kappa shape index (κ3) is 1.39. The summed E-state index contributed by atoms with van der Waals surface area (Å²) in [5, 5.41) is 1.12. The molecule has 0 aromatic carbocycles. The van der Waals surface area contributed by atoms with Crippen molar-refractivity contribution in [3.8, 4) is 0 Å². The average Bonchev–Trinajstić information content (AvgIpc) is 2.31. The van der Waals surface area contributed by atoms with E-state index in [1.165, 1.54) is 24.1 Å². The van der Waals surface area contributed by atoms with E-state index in [0.717, 1.165) is 10.9 Å². The fourth-order valence-electron chi connectivity index (χ4n) is 1.56. The first-order chi connectivity index (χ1) is 5.77. The molecule has 1 aromatic heterocycles. The predicted molar refractivity (Wildman–Crippen MR) is 51.1 cm³/mol. The van der Waals surface area contributed by atoms with Gasteiger partial charge in [-0.05, 0) is 25.7 Å². The Balaban J connectivity index is 2.08. The summed E-state index contributed by atoms with van der Waals surface area (Å²) in [6, 6.07) is 0.255. The van der Waals surface area contributed by atoms with Crippen LogP contribution in [0.4, 0.5) is 0 Å². The van der Waals surface area contributed by atoms with Crippen LogP contribution in [0.3, 0.4) is 0 Å². The van der Waals surface area contributed by atoms with Crippen molar-refractivity contribution in [1.29, 1.82) is 0 Å². The van der Waals surface area contributed by atoms with Gasteiger partial charge >= 0.3 is 0 Å². The summed E-state index contributed by atoms with van der Waals surface area (Å²) in [4.78, 5) is 5.48. The van der Waals surface area contributed by atoms with Crippen LogP contribution < -0.4 is 5.73 Å². The van der Waals surface area contributed by atoms with E-state index in [4.69, 9.17) is 5.73 Å². The van der Waals surface area contributed by atoms with Gasteiger partial charge in [-0.25, -0.2) is 4.98 Å². The molecule has 1 aliphatic rings. The van der Waals surface area contributed by atoms with Crippen molar-refractivity contribution in [2.75, 3.05) is 0 Å². The first-order valence-electron chi connectivity index (χ1n) is 4.45. The van der Waals surface area contributed by atoms with E-state index in [1.807, 2.05) is 13.1 Å². The number of rotatable bonds is 2. The SMILES string of the molecule is Cc1ncc(C(N)C2CCC2)s1. The minimum absolute atomic E-state index is 0.255. The van der Waals surface area contributed by atoms with Gasteiger partial charge in [-0.15, -0.1) is 11.3 Å². The Morgan fingerprint density at radius 1 is 1.67 bits per heavy atom. The standard InChI is InChI=1S/C9H14N2S/c1-6-11-5-8(12-6)9(10)7-3-2-4-7/h5,7,9H,2-4,10H2,1H3. The Hall–Kier alpha value is -0.410. The molecule has 0 radical (unpaired) electrons. The lowest BCUT2D eigenvalue weighted by atomic mass is 9.80. The van der Waals surface area contributed by atoms with Gasteiger partial charge in [0.05, 0.1) is 5.01 Å². The fraction of sp³-hybridized carbons (Fsp3) is 0.667. The molecule has 2 nitrogen and oxygen atoms in total. The van der Waals surface area contributed by atoms with E-state index in [0.29, 0.717) is 0 Å². The molecule has 1 aromatic rings. The third-order valence-corrected chi connectivity index (χ3v) is 3.64. The molecule has 0 bridgehead atoms. The van der Waals surface area contributed by atoms with Crippen LogP contribution in [0.1, 0.15) is 35.2 Å². The van der Waals surface area contributed by atoms with Gasteiger partial charge in [0, 0.05) is 17.1 Å². The molecule has 2 rings (SSSR count). The molecular weight excluding hydrogens is 168 g/mol. The van der Waals surface area contributed by atoms with Gasteiger partial charge in [0.1, 0.15) is 0 Å². The highest BCUT2D eigenvalue weighted by Crippen LogP contribution is 2.37. The average molecular weight is 182 g/mol. The molecule has 3 heteroatoms. The summed E-state index contributed by atoms with van der Waals surface area (Å²) in [6.45, 7) is 2.03. The van der Waals surface area contributed by atoms with Crippen molar-refractivity contribution in [2.24, 2.45) is 11.7 Å².